The molecular formula is C53H61Cl4N7O14S3. The van der Waals surface area contributed by atoms with Crippen LogP contribution in [0.4, 0.5) is 22.7 Å². The normalized spacial score (nSPS) is 15.0. The molecule has 21 nitrogen and oxygen atoms in total. The molecular weight excluding hydrogens is 1200 g/mol. The van der Waals surface area contributed by atoms with Crippen molar-refractivity contribution in [2.75, 3.05) is 30.6 Å². The SMILES string of the molecule is CCCCCCCCCCCCC(Oc1ccc(O)c(C)c1)C(=O)Nc1ccc(Cl)c(N=C2NN(c3c(Cl)cc(Cl)cc3Cl)C(=O)C2N=Nc2ccc(OC)c(OCCCCNS(=O)Oc3cc(S(=O)(=O)O)cc(S(=O)(=O)O)c3)c2)c1. The number of halogens is 4. The number of carbonyl (C=O) groups is 2. The molecule has 1 saturated heterocycles. The minimum atomic E-state index is -4.92. The van der Waals surface area contributed by atoms with Crippen LogP contribution >= 0.6 is 46.4 Å². The molecule has 0 saturated carbocycles. The van der Waals surface area contributed by atoms with Crippen LogP contribution in [-0.4, -0.2) is 85.3 Å². The lowest BCUT2D eigenvalue weighted by molar-refractivity contribution is -0.123. The number of amidine groups is 1. The topological polar surface area (TPSA) is 294 Å². The van der Waals surface area contributed by atoms with E-state index in [1.165, 1.54) is 82.0 Å². The van der Waals surface area contributed by atoms with E-state index in [4.69, 9.17) is 69.8 Å². The average molecular weight is 1260 g/mol. The van der Waals surface area contributed by atoms with Gasteiger partial charge in [0.2, 0.25) is 6.04 Å². The highest BCUT2D eigenvalue weighted by Gasteiger charge is 2.41. The van der Waals surface area contributed by atoms with E-state index >= 15 is 0 Å². The fourth-order valence-electron chi connectivity index (χ4n) is 8.07. The van der Waals surface area contributed by atoms with Gasteiger partial charge >= 0.3 is 0 Å². The van der Waals surface area contributed by atoms with Gasteiger partial charge < -0.3 is 28.8 Å². The molecule has 0 aromatic heterocycles. The third-order valence-electron chi connectivity index (χ3n) is 12.3. The van der Waals surface area contributed by atoms with Gasteiger partial charge in [-0.1, -0.05) is 111 Å². The number of carbonyl (C=O) groups excluding carboxylic acids is 2. The number of benzene rings is 5. The molecule has 1 fully saturated rings. The van der Waals surface area contributed by atoms with E-state index in [2.05, 4.69) is 32.6 Å². The first kappa shape index (κ1) is 64.4. The highest BCUT2D eigenvalue weighted by Crippen LogP contribution is 2.39. The minimum absolute atomic E-state index is 0.0281. The number of hydrogen-bond donors (Lipinski definition) is 6. The van der Waals surface area contributed by atoms with Gasteiger partial charge in [0, 0.05) is 35.5 Å². The number of aromatic hydroxyl groups is 1. The van der Waals surface area contributed by atoms with Crippen LogP contribution in [0.15, 0.2) is 110 Å². The molecule has 438 valence electrons. The summed E-state index contributed by atoms with van der Waals surface area (Å²) in [6.45, 7) is 4.12. The molecule has 5 aromatic carbocycles. The van der Waals surface area contributed by atoms with Gasteiger partial charge in [0.15, 0.2) is 23.4 Å². The van der Waals surface area contributed by atoms with E-state index in [9.17, 15) is 44.8 Å². The Labute approximate surface area is 493 Å². The Hall–Kier alpha value is -5.80. The highest BCUT2D eigenvalue weighted by molar-refractivity contribution is 7.86. The third kappa shape index (κ3) is 19.4. The molecule has 1 aliphatic rings. The molecule has 6 rings (SSSR count). The monoisotopic (exact) mass is 1260 g/mol. The third-order valence-corrected chi connectivity index (χ3v) is 15.8. The molecule has 1 heterocycles. The smallest absolute Gasteiger partial charge is 0.294 e. The summed E-state index contributed by atoms with van der Waals surface area (Å²) in [5.74, 6) is -0.619. The van der Waals surface area contributed by atoms with E-state index in [1.807, 2.05) is 0 Å². The van der Waals surface area contributed by atoms with Crippen molar-refractivity contribution < 1.29 is 63.2 Å². The van der Waals surface area contributed by atoms with Crippen molar-refractivity contribution in [3.63, 3.8) is 0 Å². The lowest BCUT2D eigenvalue weighted by atomic mass is 10.0. The van der Waals surface area contributed by atoms with E-state index in [0.717, 1.165) is 42.8 Å². The molecule has 3 atom stereocenters. The molecule has 0 radical (unpaired) electrons. The quantitative estimate of drug-likeness (QED) is 0.0137. The van der Waals surface area contributed by atoms with Crippen molar-refractivity contribution in [3.8, 4) is 28.7 Å². The van der Waals surface area contributed by atoms with Gasteiger partial charge in [0.1, 0.15) is 22.9 Å². The van der Waals surface area contributed by atoms with Crippen molar-refractivity contribution in [1.82, 2.24) is 10.1 Å². The van der Waals surface area contributed by atoms with Gasteiger partial charge in [-0.05, 0) is 105 Å². The Balaban J connectivity index is 1.15. The van der Waals surface area contributed by atoms with Crippen LogP contribution in [0.2, 0.25) is 20.1 Å². The molecule has 1 aliphatic heterocycles. The Morgan fingerprint density at radius 3 is 2.06 bits per heavy atom. The minimum Gasteiger partial charge on any atom is -0.508 e. The number of hydrazine groups is 1. The maximum atomic E-state index is 14.3. The number of hydrogen-bond acceptors (Lipinski definition) is 15. The van der Waals surface area contributed by atoms with Gasteiger partial charge in [-0.2, -0.15) is 31.3 Å². The highest BCUT2D eigenvalue weighted by atomic mass is 35.5. The number of unbranched alkanes of at least 4 members (excludes halogenated alkanes) is 10. The van der Waals surface area contributed by atoms with Gasteiger partial charge in [-0.15, -0.1) is 0 Å². The zero-order chi connectivity index (χ0) is 58.9. The van der Waals surface area contributed by atoms with Crippen LogP contribution in [0.25, 0.3) is 0 Å². The number of ether oxygens (including phenoxy) is 3. The number of phenolic OH excluding ortho intramolecular Hbond substituents is 1. The molecule has 5 aromatic rings. The lowest BCUT2D eigenvalue weighted by Crippen LogP contribution is -2.36. The zero-order valence-electron chi connectivity index (χ0n) is 44.2. The summed E-state index contributed by atoms with van der Waals surface area (Å²) in [7, 11) is -8.42. The number of aryl methyl sites for hydroxylation is 1. The molecule has 0 aliphatic carbocycles. The van der Waals surface area contributed by atoms with Crippen molar-refractivity contribution >= 4 is 118 Å². The second-order valence-electron chi connectivity index (χ2n) is 18.5. The van der Waals surface area contributed by atoms with E-state index in [-0.39, 0.29) is 67.6 Å². The Morgan fingerprint density at radius 1 is 0.778 bits per heavy atom. The number of anilines is 2. The summed E-state index contributed by atoms with van der Waals surface area (Å²) >= 11 is 23.8. The van der Waals surface area contributed by atoms with Crippen LogP contribution in [-0.2, 0) is 41.1 Å². The maximum absolute atomic E-state index is 14.3. The van der Waals surface area contributed by atoms with E-state index in [0.29, 0.717) is 48.1 Å². The standard InChI is InChI=1S/C53H61Cl4N7O14S3/c1-4-5-6-7-8-9-10-11-12-13-16-47(77-37-19-21-45(65)33(2)25-37)52(66)59-35-17-20-41(55)44(28-35)60-51-49(53(67)64(63-51)50-42(56)26-34(54)27-43(50)57)62-61-36-18-22-46(75-3)48(29-36)76-24-15-14-23-58-79(68)78-38-30-39(80(69,70)71)32-40(31-38)81(72,73)74/h17-22,25-32,47,49,58,65H,4-16,23-24H2,1-3H3,(H,59,66)(H,60,63)(H,69,70,71)(H,72,73,74). The largest absolute Gasteiger partial charge is 0.508 e. The Kier molecular flexibility index (Phi) is 24.2. The van der Waals surface area contributed by atoms with Gasteiger partial charge in [-0.3, -0.25) is 24.1 Å². The molecule has 3 unspecified atom stereocenters. The second-order valence-corrected chi connectivity index (χ2v) is 23.9. The van der Waals surface area contributed by atoms with Crippen LogP contribution in [0.1, 0.15) is 96.0 Å². The number of nitrogens with zero attached hydrogens (tertiary/aromatic N) is 4. The first-order valence-electron chi connectivity index (χ1n) is 25.6. The number of azo groups is 1. The van der Waals surface area contributed by atoms with Gasteiger partial charge in [0.05, 0.1) is 50.0 Å². The fraction of sp³-hybridized carbons (Fsp3) is 0.377. The molecule has 2 amide bonds. The fourth-order valence-corrected chi connectivity index (χ4v) is 11.0. The Bertz CT molecular complexity index is 3290. The number of amides is 2. The number of methoxy groups -OCH3 is 1. The number of rotatable bonds is 31. The second kappa shape index (κ2) is 30.5. The van der Waals surface area contributed by atoms with Gasteiger partial charge in [0.25, 0.3) is 43.3 Å². The molecule has 0 spiro atoms. The zero-order valence-corrected chi connectivity index (χ0v) is 49.7. The predicted octanol–water partition coefficient (Wildman–Crippen LogP) is 12.7. The van der Waals surface area contributed by atoms with Gasteiger partial charge in [-0.25, -0.2) is 14.7 Å². The Morgan fingerprint density at radius 2 is 1.43 bits per heavy atom. The maximum Gasteiger partial charge on any atom is 0.294 e. The van der Waals surface area contributed by atoms with Crippen LogP contribution < -0.4 is 38.9 Å². The molecule has 6 N–H and O–H groups in total. The van der Waals surface area contributed by atoms with Crippen LogP contribution in [0.3, 0.4) is 0 Å². The number of nitrogens with one attached hydrogen (secondary N) is 3. The first-order valence-corrected chi connectivity index (χ1v) is 31.1. The predicted molar refractivity (Wildman–Crippen MR) is 312 cm³/mol. The van der Waals surface area contributed by atoms with E-state index < -0.39 is 71.0 Å². The van der Waals surface area contributed by atoms with Crippen molar-refractivity contribution in [3.05, 3.63) is 111 Å². The van der Waals surface area contributed by atoms with Crippen LogP contribution in [0, 0.1) is 6.92 Å². The van der Waals surface area contributed by atoms with Crippen molar-refractivity contribution in [2.24, 2.45) is 15.2 Å². The van der Waals surface area contributed by atoms with Crippen LogP contribution in [0.5, 0.6) is 28.7 Å². The summed E-state index contributed by atoms with van der Waals surface area (Å²) in [5.41, 5.74) is 4.26. The number of phenols is 1. The summed E-state index contributed by atoms with van der Waals surface area (Å²) in [6.07, 6.45) is 11.4. The molecule has 81 heavy (non-hydrogen) atoms. The van der Waals surface area contributed by atoms with Crippen molar-refractivity contribution in [1.29, 1.82) is 0 Å². The van der Waals surface area contributed by atoms with Crippen molar-refractivity contribution in [2.45, 2.75) is 119 Å². The lowest BCUT2D eigenvalue weighted by Gasteiger charge is -2.20. The van der Waals surface area contributed by atoms with E-state index in [1.54, 1.807) is 37.3 Å². The summed E-state index contributed by atoms with van der Waals surface area (Å²) in [4.78, 5) is 31.3. The molecule has 0 bridgehead atoms. The number of aliphatic imine (C=N–C) groups is 1. The summed E-state index contributed by atoms with van der Waals surface area (Å²) < 4.78 is 103. The summed E-state index contributed by atoms with van der Waals surface area (Å²) in [6, 6.07) is 17.4. The average Bonchev–Trinajstić information content (AvgIpc) is 3.71. The first-order chi connectivity index (χ1) is 38.5. The molecule has 28 heteroatoms. The summed E-state index contributed by atoms with van der Waals surface area (Å²) in [5, 5.41) is 23.3.